The molecular formula is C19H18N4O4. The zero-order valence-corrected chi connectivity index (χ0v) is 14.6. The van der Waals surface area contributed by atoms with Gasteiger partial charge in [-0.25, -0.2) is 0 Å². The average molecular weight is 366 g/mol. The van der Waals surface area contributed by atoms with Crippen LogP contribution in [0, 0.1) is 0 Å². The highest BCUT2D eigenvalue weighted by Crippen LogP contribution is 2.18. The zero-order valence-electron chi connectivity index (χ0n) is 14.6. The number of ether oxygens (including phenoxy) is 1. The molecule has 2 aromatic carbocycles. The van der Waals surface area contributed by atoms with Crippen molar-refractivity contribution in [2.45, 2.75) is 19.6 Å². The molecule has 8 nitrogen and oxygen atoms in total. The average Bonchev–Trinajstić information content (AvgIpc) is 3.16. The lowest BCUT2D eigenvalue weighted by Crippen LogP contribution is -2.26. The normalized spacial score (nSPS) is 11.6. The van der Waals surface area contributed by atoms with E-state index in [9.17, 15) is 9.59 Å². The fourth-order valence-electron chi connectivity index (χ4n) is 2.43. The van der Waals surface area contributed by atoms with E-state index in [0.29, 0.717) is 5.75 Å². The van der Waals surface area contributed by atoms with Gasteiger partial charge in [0.15, 0.2) is 6.61 Å². The molecule has 1 aromatic heterocycles. The maximum Gasteiger partial charge on any atom is 0.316 e. The van der Waals surface area contributed by atoms with Gasteiger partial charge in [-0.1, -0.05) is 47.6 Å². The molecule has 0 aliphatic heterocycles. The molecule has 1 unspecified atom stereocenters. The zero-order chi connectivity index (χ0) is 19.2. The smallest absolute Gasteiger partial charge is 0.316 e. The molecule has 27 heavy (non-hydrogen) atoms. The van der Waals surface area contributed by atoms with Crippen LogP contribution in [0.25, 0.3) is 0 Å². The predicted octanol–water partition coefficient (Wildman–Crippen LogP) is 2.24. The van der Waals surface area contributed by atoms with Crippen LogP contribution in [0.4, 0.5) is 0 Å². The van der Waals surface area contributed by atoms with E-state index in [4.69, 9.17) is 15.0 Å². The van der Waals surface area contributed by atoms with Gasteiger partial charge in [0, 0.05) is 0 Å². The number of carbonyl (C=O) groups excluding carboxylic acids is 2. The number of primary amides is 1. The molecule has 3 aromatic rings. The van der Waals surface area contributed by atoms with Gasteiger partial charge >= 0.3 is 11.8 Å². The minimum atomic E-state index is -0.603. The third-order valence-corrected chi connectivity index (χ3v) is 3.82. The Balaban J connectivity index is 1.61. The summed E-state index contributed by atoms with van der Waals surface area (Å²) < 4.78 is 10.5. The number of rotatable bonds is 7. The molecular weight excluding hydrogens is 348 g/mol. The topological polar surface area (TPSA) is 120 Å². The number of carbonyl (C=O) groups is 2. The van der Waals surface area contributed by atoms with Crippen LogP contribution in [-0.2, 0) is 6.61 Å². The maximum absolute atomic E-state index is 12.3. The molecule has 2 amide bonds. The molecule has 0 aliphatic rings. The van der Waals surface area contributed by atoms with Gasteiger partial charge in [-0.2, -0.15) is 4.98 Å². The third kappa shape index (κ3) is 4.49. The molecule has 0 aliphatic carbocycles. The van der Waals surface area contributed by atoms with Gasteiger partial charge in [-0.3, -0.25) is 9.59 Å². The molecule has 0 spiro atoms. The summed E-state index contributed by atoms with van der Waals surface area (Å²) in [7, 11) is 0. The van der Waals surface area contributed by atoms with Crippen molar-refractivity contribution in [3.05, 3.63) is 77.4 Å². The predicted molar refractivity (Wildman–Crippen MR) is 95.9 cm³/mol. The number of nitrogens with one attached hydrogen (secondary N) is 1. The molecule has 1 heterocycles. The minimum absolute atomic E-state index is 0.0741. The third-order valence-electron chi connectivity index (χ3n) is 3.82. The lowest BCUT2D eigenvalue weighted by atomic mass is 10.1. The fourth-order valence-corrected chi connectivity index (χ4v) is 2.43. The van der Waals surface area contributed by atoms with Crippen LogP contribution >= 0.6 is 0 Å². The molecule has 0 saturated heterocycles. The lowest BCUT2D eigenvalue weighted by molar-refractivity contribution is 0.0895. The van der Waals surface area contributed by atoms with Crippen molar-refractivity contribution in [2.24, 2.45) is 5.73 Å². The summed E-state index contributed by atoms with van der Waals surface area (Å²) in [6, 6.07) is 15.8. The summed E-state index contributed by atoms with van der Waals surface area (Å²) in [5, 5.41) is 6.51. The van der Waals surface area contributed by atoms with Gasteiger partial charge in [0.2, 0.25) is 5.82 Å². The number of nitrogens with two attached hydrogens (primary N) is 1. The standard InChI is InChI=1S/C19H18N4O4/c1-12(13-7-3-2-4-8-13)21-18(25)19-22-16(23-27-19)11-26-15-10-6-5-9-14(15)17(20)24/h2-10,12H,11H2,1H3,(H2,20,24)(H,21,25). The van der Waals surface area contributed by atoms with Crippen LogP contribution in [0.3, 0.4) is 0 Å². The van der Waals surface area contributed by atoms with Crippen LogP contribution in [0.5, 0.6) is 5.75 Å². The minimum Gasteiger partial charge on any atom is -0.485 e. The van der Waals surface area contributed by atoms with Gasteiger partial charge in [0.25, 0.3) is 5.91 Å². The van der Waals surface area contributed by atoms with Gasteiger partial charge in [-0.05, 0) is 24.6 Å². The number of para-hydroxylation sites is 1. The van der Waals surface area contributed by atoms with E-state index in [-0.39, 0.29) is 29.9 Å². The van der Waals surface area contributed by atoms with E-state index in [1.54, 1.807) is 24.3 Å². The molecule has 138 valence electrons. The van der Waals surface area contributed by atoms with Crippen molar-refractivity contribution in [3.8, 4) is 5.75 Å². The van der Waals surface area contributed by atoms with E-state index >= 15 is 0 Å². The van der Waals surface area contributed by atoms with Crippen LogP contribution in [0.15, 0.2) is 59.1 Å². The first-order chi connectivity index (χ1) is 13.0. The number of aromatic nitrogens is 2. The number of amides is 2. The van der Waals surface area contributed by atoms with Gasteiger partial charge in [0.1, 0.15) is 5.75 Å². The quantitative estimate of drug-likeness (QED) is 0.661. The second kappa shape index (κ2) is 8.13. The largest absolute Gasteiger partial charge is 0.485 e. The second-order valence-electron chi connectivity index (χ2n) is 5.77. The van der Waals surface area contributed by atoms with Crippen molar-refractivity contribution < 1.29 is 18.8 Å². The summed E-state index contributed by atoms with van der Waals surface area (Å²) >= 11 is 0. The van der Waals surface area contributed by atoms with E-state index in [2.05, 4.69) is 15.5 Å². The first-order valence-electron chi connectivity index (χ1n) is 8.24. The fraction of sp³-hybridized carbons (Fsp3) is 0.158. The SMILES string of the molecule is CC(NC(=O)c1nc(COc2ccccc2C(N)=O)no1)c1ccccc1. The first kappa shape index (κ1) is 18.1. The Bertz CT molecular complexity index is 940. The summed E-state index contributed by atoms with van der Waals surface area (Å²) in [6.45, 7) is 1.78. The summed E-state index contributed by atoms with van der Waals surface area (Å²) in [6.07, 6.45) is 0. The maximum atomic E-state index is 12.3. The molecule has 3 N–H and O–H groups in total. The Morgan fingerprint density at radius 1 is 1.15 bits per heavy atom. The Labute approximate surface area is 155 Å². The molecule has 1 atom stereocenters. The van der Waals surface area contributed by atoms with Crippen molar-refractivity contribution >= 4 is 11.8 Å². The number of nitrogens with zero attached hydrogens (tertiary/aromatic N) is 2. The van der Waals surface area contributed by atoms with Crippen molar-refractivity contribution in [1.29, 1.82) is 0 Å². The molecule has 3 rings (SSSR count). The highest BCUT2D eigenvalue weighted by Gasteiger charge is 2.18. The number of benzene rings is 2. The van der Waals surface area contributed by atoms with Gasteiger partial charge in [-0.15, -0.1) is 0 Å². The van der Waals surface area contributed by atoms with Crippen LogP contribution in [0.1, 0.15) is 45.4 Å². The molecule has 0 saturated carbocycles. The van der Waals surface area contributed by atoms with Crippen molar-refractivity contribution in [2.75, 3.05) is 0 Å². The Morgan fingerprint density at radius 2 is 1.85 bits per heavy atom. The highest BCUT2D eigenvalue weighted by molar-refractivity contribution is 5.95. The Kier molecular flexibility index (Phi) is 5.46. The first-order valence-corrected chi connectivity index (χ1v) is 8.24. The van der Waals surface area contributed by atoms with Crippen molar-refractivity contribution in [3.63, 3.8) is 0 Å². The van der Waals surface area contributed by atoms with E-state index in [0.717, 1.165) is 5.56 Å². The molecule has 0 radical (unpaired) electrons. The summed E-state index contributed by atoms with van der Waals surface area (Å²) in [4.78, 5) is 27.7. The Morgan fingerprint density at radius 3 is 2.59 bits per heavy atom. The Hall–Kier alpha value is -3.68. The van der Waals surface area contributed by atoms with E-state index in [1.165, 1.54) is 0 Å². The van der Waals surface area contributed by atoms with Gasteiger partial charge in [0.05, 0.1) is 11.6 Å². The molecule has 8 heteroatoms. The van der Waals surface area contributed by atoms with E-state index < -0.39 is 11.8 Å². The highest BCUT2D eigenvalue weighted by atomic mass is 16.5. The van der Waals surface area contributed by atoms with E-state index in [1.807, 2.05) is 37.3 Å². The summed E-state index contributed by atoms with van der Waals surface area (Å²) in [5.41, 5.74) is 6.50. The molecule has 0 bridgehead atoms. The molecule has 0 fully saturated rings. The van der Waals surface area contributed by atoms with Crippen LogP contribution in [0.2, 0.25) is 0 Å². The summed E-state index contributed by atoms with van der Waals surface area (Å²) in [5.74, 6) is -0.777. The van der Waals surface area contributed by atoms with Crippen LogP contribution in [-0.4, -0.2) is 22.0 Å². The van der Waals surface area contributed by atoms with Gasteiger partial charge < -0.3 is 20.3 Å². The number of hydrogen-bond donors (Lipinski definition) is 2. The second-order valence-corrected chi connectivity index (χ2v) is 5.77. The van der Waals surface area contributed by atoms with Crippen molar-refractivity contribution in [1.82, 2.24) is 15.5 Å². The monoisotopic (exact) mass is 366 g/mol. The van der Waals surface area contributed by atoms with Crippen LogP contribution < -0.4 is 15.8 Å². The lowest BCUT2D eigenvalue weighted by Gasteiger charge is -2.12. The number of hydrogen-bond acceptors (Lipinski definition) is 6.